The van der Waals surface area contributed by atoms with Crippen molar-refractivity contribution < 1.29 is 24.5 Å². The van der Waals surface area contributed by atoms with Crippen molar-refractivity contribution in [2.45, 2.75) is 12.2 Å². The first-order valence-corrected chi connectivity index (χ1v) is 6.25. The molecule has 6 nitrogen and oxygen atoms in total. The maximum absolute atomic E-state index is 11.4. The Morgan fingerprint density at radius 2 is 2.00 bits per heavy atom. The summed E-state index contributed by atoms with van der Waals surface area (Å²) in [6.45, 7) is 3.00. The number of rotatable bonds is 5. The Bertz CT molecular complexity index is 718. The number of ether oxygens (including phenoxy) is 1. The van der Waals surface area contributed by atoms with Gasteiger partial charge in [-0.05, 0) is 23.8 Å². The van der Waals surface area contributed by atoms with Crippen LogP contribution in [0.4, 0.5) is 0 Å². The van der Waals surface area contributed by atoms with E-state index in [-0.39, 0.29) is 22.5 Å². The summed E-state index contributed by atoms with van der Waals surface area (Å²) in [6, 6.07) is 6.06. The monoisotopic (exact) mass is 292 g/mol. The molecule has 0 radical (unpaired) electrons. The van der Waals surface area contributed by atoms with Crippen molar-refractivity contribution in [1.29, 1.82) is 0 Å². The summed E-state index contributed by atoms with van der Waals surface area (Å²) in [5.41, 5.74) is -0.284. The quantitative estimate of drug-likeness (QED) is 0.555. The lowest BCUT2D eigenvalue weighted by Gasteiger charge is -2.21. The van der Waals surface area contributed by atoms with Gasteiger partial charge in [0.2, 0.25) is 0 Å². The highest BCUT2D eigenvalue weighted by Crippen LogP contribution is 2.35. The topological polar surface area (TPSA) is 100 Å². The van der Waals surface area contributed by atoms with E-state index in [4.69, 9.17) is 14.3 Å². The molecule has 2 aromatic rings. The smallest absolute Gasteiger partial charge is 0.336 e. The van der Waals surface area contributed by atoms with Crippen molar-refractivity contribution >= 4 is 11.0 Å². The first-order chi connectivity index (χ1) is 9.99. The highest BCUT2D eigenvalue weighted by molar-refractivity contribution is 5.82. The fourth-order valence-electron chi connectivity index (χ4n) is 2.07. The third kappa shape index (κ3) is 2.82. The van der Waals surface area contributed by atoms with Crippen LogP contribution < -0.4 is 10.4 Å². The summed E-state index contributed by atoms with van der Waals surface area (Å²) in [7, 11) is 1.39. The third-order valence-corrected chi connectivity index (χ3v) is 3.22. The van der Waals surface area contributed by atoms with E-state index < -0.39 is 24.4 Å². The molecule has 0 saturated carbocycles. The number of hydrogen-bond acceptors (Lipinski definition) is 6. The van der Waals surface area contributed by atoms with Gasteiger partial charge in [0, 0.05) is 11.5 Å². The maximum Gasteiger partial charge on any atom is 0.336 e. The average Bonchev–Trinajstić information content (AvgIpc) is 2.51. The van der Waals surface area contributed by atoms with Crippen LogP contribution in [0.3, 0.4) is 0 Å². The van der Waals surface area contributed by atoms with Crippen molar-refractivity contribution in [2.75, 3.05) is 13.7 Å². The summed E-state index contributed by atoms with van der Waals surface area (Å²) in [6.07, 6.45) is -2.87. The van der Waals surface area contributed by atoms with Gasteiger partial charge in [-0.2, -0.15) is 0 Å². The average molecular weight is 292 g/mol. The SMILES string of the molecule is C=C(CO)[C@H](O)[C@H](O)c1c(OC)ccc2ccc(=O)oc12. The largest absolute Gasteiger partial charge is 0.496 e. The first kappa shape index (κ1) is 15.2. The van der Waals surface area contributed by atoms with Crippen LogP contribution in [-0.2, 0) is 0 Å². The molecule has 2 atom stereocenters. The molecule has 21 heavy (non-hydrogen) atoms. The molecule has 0 unspecified atom stereocenters. The Kier molecular flexibility index (Phi) is 4.42. The van der Waals surface area contributed by atoms with Crippen molar-refractivity contribution in [1.82, 2.24) is 0 Å². The molecule has 0 aliphatic carbocycles. The van der Waals surface area contributed by atoms with Gasteiger partial charge in [-0.15, -0.1) is 0 Å². The zero-order valence-electron chi connectivity index (χ0n) is 11.4. The molecular weight excluding hydrogens is 276 g/mol. The van der Waals surface area contributed by atoms with Crippen LogP contribution >= 0.6 is 0 Å². The van der Waals surface area contributed by atoms with Gasteiger partial charge in [-0.25, -0.2) is 4.79 Å². The number of hydrogen-bond donors (Lipinski definition) is 3. The highest BCUT2D eigenvalue weighted by Gasteiger charge is 2.27. The second-order valence-electron chi connectivity index (χ2n) is 4.56. The van der Waals surface area contributed by atoms with Crippen molar-refractivity contribution in [2.24, 2.45) is 0 Å². The molecule has 0 aliphatic heterocycles. The Hall–Kier alpha value is -2.15. The van der Waals surface area contributed by atoms with E-state index in [1.54, 1.807) is 18.2 Å². The van der Waals surface area contributed by atoms with Crippen LogP contribution in [-0.4, -0.2) is 35.1 Å². The molecule has 0 saturated heterocycles. The summed E-state index contributed by atoms with van der Waals surface area (Å²) in [5, 5.41) is 29.9. The zero-order valence-corrected chi connectivity index (χ0v) is 11.4. The van der Waals surface area contributed by atoms with Gasteiger partial charge in [-0.1, -0.05) is 6.58 Å². The zero-order chi connectivity index (χ0) is 15.6. The van der Waals surface area contributed by atoms with Gasteiger partial charge >= 0.3 is 5.63 Å². The minimum atomic E-state index is -1.45. The highest BCUT2D eigenvalue weighted by atomic mass is 16.5. The minimum absolute atomic E-state index is 0.0415. The molecule has 1 aromatic carbocycles. The van der Waals surface area contributed by atoms with Gasteiger partial charge in [0.1, 0.15) is 23.5 Å². The molecule has 0 spiro atoms. The molecule has 112 valence electrons. The second kappa shape index (κ2) is 6.09. The lowest BCUT2D eigenvalue weighted by Crippen LogP contribution is -2.23. The number of aliphatic hydroxyl groups is 3. The number of aliphatic hydroxyl groups excluding tert-OH is 3. The van der Waals surface area contributed by atoms with Crippen molar-refractivity contribution in [3.63, 3.8) is 0 Å². The van der Waals surface area contributed by atoms with Gasteiger partial charge in [0.15, 0.2) is 0 Å². The molecule has 0 aliphatic rings. The molecule has 1 heterocycles. The number of fused-ring (bicyclic) bond motifs is 1. The van der Waals surface area contributed by atoms with E-state index >= 15 is 0 Å². The fraction of sp³-hybridized carbons (Fsp3) is 0.267. The lowest BCUT2D eigenvalue weighted by atomic mass is 9.97. The van der Waals surface area contributed by atoms with Crippen LogP contribution in [0.2, 0.25) is 0 Å². The molecule has 0 amide bonds. The predicted octanol–water partition coefficient (Wildman–Crippen LogP) is 0.744. The predicted molar refractivity (Wildman–Crippen MR) is 76.2 cm³/mol. The van der Waals surface area contributed by atoms with Gasteiger partial charge < -0.3 is 24.5 Å². The van der Waals surface area contributed by atoms with Crippen molar-refractivity contribution in [3.05, 3.63) is 52.4 Å². The fourth-order valence-corrected chi connectivity index (χ4v) is 2.07. The molecule has 0 fully saturated rings. The Balaban J connectivity index is 2.67. The molecule has 1 aromatic heterocycles. The Morgan fingerprint density at radius 3 is 2.62 bits per heavy atom. The number of methoxy groups -OCH3 is 1. The number of benzene rings is 1. The second-order valence-corrected chi connectivity index (χ2v) is 4.56. The normalized spacial score (nSPS) is 13.9. The minimum Gasteiger partial charge on any atom is -0.496 e. The molecule has 0 bridgehead atoms. The Labute approximate surface area is 120 Å². The summed E-state index contributed by atoms with van der Waals surface area (Å²) in [4.78, 5) is 11.4. The lowest BCUT2D eigenvalue weighted by molar-refractivity contribution is 0.0341. The molecule has 3 N–H and O–H groups in total. The van der Waals surface area contributed by atoms with Crippen LogP contribution in [0, 0.1) is 0 Å². The first-order valence-electron chi connectivity index (χ1n) is 6.25. The van der Waals surface area contributed by atoms with E-state index in [1.807, 2.05) is 0 Å². The van der Waals surface area contributed by atoms with Crippen LogP contribution in [0.25, 0.3) is 11.0 Å². The molecule has 6 heteroatoms. The third-order valence-electron chi connectivity index (χ3n) is 3.22. The van der Waals surface area contributed by atoms with E-state index in [2.05, 4.69) is 6.58 Å². The Morgan fingerprint density at radius 1 is 1.33 bits per heavy atom. The molecule has 2 rings (SSSR count). The van der Waals surface area contributed by atoms with Gasteiger partial charge in [0.25, 0.3) is 0 Å². The molecular formula is C15H16O6. The van der Waals surface area contributed by atoms with Crippen LogP contribution in [0.15, 0.2) is 45.6 Å². The van der Waals surface area contributed by atoms with E-state index in [0.717, 1.165) is 0 Å². The summed E-state index contributed by atoms with van der Waals surface area (Å²) < 4.78 is 10.3. The van der Waals surface area contributed by atoms with Crippen LogP contribution in [0.5, 0.6) is 5.75 Å². The maximum atomic E-state index is 11.4. The standard InChI is InChI=1S/C15H16O6/c1-8(7-16)13(18)14(19)12-10(20-2)5-3-9-4-6-11(17)21-15(9)12/h3-6,13-14,16,18-19H,1,7H2,2H3/t13-,14+/m0/s1. The van der Waals surface area contributed by atoms with Crippen LogP contribution in [0.1, 0.15) is 11.7 Å². The summed E-state index contributed by atoms with van der Waals surface area (Å²) in [5.74, 6) is 0.258. The van der Waals surface area contributed by atoms with Gasteiger partial charge in [-0.3, -0.25) is 0 Å². The van der Waals surface area contributed by atoms with E-state index in [9.17, 15) is 15.0 Å². The summed E-state index contributed by atoms with van der Waals surface area (Å²) >= 11 is 0. The van der Waals surface area contributed by atoms with E-state index in [1.165, 1.54) is 13.2 Å². The van der Waals surface area contributed by atoms with Crippen molar-refractivity contribution in [3.8, 4) is 5.75 Å². The van der Waals surface area contributed by atoms with E-state index in [0.29, 0.717) is 5.39 Å². The van der Waals surface area contributed by atoms with Gasteiger partial charge in [0.05, 0.1) is 19.3 Å².